The van der Waals surface area contributed by atoms with Crippen LogP contribution in [-0.4, -0.2) is 64.3 Å². The van der Waals surface area contributed by atoms with E-state index in [1.54, 1.807) is 7.11 Å². The van der Waals surface area contributed by atoms with Gasteiger partial charge in [-0.05, 0) is 32.5 Å². The number of carbonyl (C=O) groups excluding carboxylic acids is 1. The maximum absolute atomic E-state index is 11.6. The van der Waals surface area contributed by atoms with E-state index in [1.807, 2.05) is 7.05 Å². The van der Waals surface area contributed by atoms with Gasteiger partial charge in [0.1, 0.15) is 0 Å². The third-order valence-corrected chi connectivity index (χ3v) is 3.13. The highest BCUT2D eigenvalue weighted by atomic mass is 16.5. The van der Waals surface area contributed by atoms with Gasteiger partial charge < -0.3 is 20.3 Å². The number of likely N-dealkylation sites (N-methyl/N-ethyl adjacent to an activating group) is 1. The van der Waals surface area contributed by atoms with Crippen LogP contribution in [0.5, 0.6) is 0 Å². The Morgan fingerprint density at radius 1 is 1.53 bits per heavy atom. The van der Waals surface area contributed by atoms with Crippen LogP contribution in [-0.2, 0) is 9.53 Å². The summed E-state index contributed by atoms with van der Waals surface area (Å²) in [5.41, 5.74) is 0. The van der Waals surface area contributed by atoms with Crippen molar-refractivity contribution in [1.29, 1.82) is 0 Å². The second-order valence-corrected chi connectivity index (χ2v) is 4.71. The summed E-state index contributed by atoms with van der Waals surface area (Å²) in [6.45, 7) is 5.27. The number of methoxy groups -OCH3 is 1. The van der Waals surface area contributed by atoms with Crippen molar-refractivity contribution in [3.05, 3.63) is 0 Å². The van der Waals surface area contributed by atoms with Crippen molar-refractivity contribution in [2.75, 3.05) is 53.5 Å². The zero-order valence-corrected chi connectivity index (χ0v) is 11.0. The highest BCUT2D eigenvalue weighted by Crippen LogP contribution is 2.11. The van der Waals surface area contributed by atoms with Crippen LogP contribution in [0.15, 0.2) is 0 Å². The first kappa shape index (κ1) is 14.4. The van der Waals surface area contributed by atoms with Gasteiger partial charge in [-0.1, -0.05) is 0 Å². The molecule has 1 amide bonds. The second kappa shape index (κ2) is 8.44. The van der Waals surface area contributed by atoms with Gasteiger partial charge in [0.15, 0.2) is 0 Å². The fourth-order valence-corrected chi connectivity index (χ4v) is 1.97. The molecule has 5 nitrogen and oxygen atoms in total. The Morgan fingerprint density at radius 2 is 2.35 bits per heavy atom. The lowest BCUT2D eigenvalue weighted by Gasteiger charge is -2.16. The summed E-state index contributed by atoms with van der Waals surface area (Å²) in [6, 6.07) is 0. The molecule has 17 heavy (non-hydrogen) atoms. The van der Waals surface area contributed by atoms with Crippen LogP contribution < -0.4 is 10.6 Å². The summed E-state index contributed by atoms with van der Waals surface area (Å²) in [5, 5.41) is 6.24. The molecule has 1 atom stereocenters. The summed E-state index contributed by atoms with van der Waals surface area (Å²) in [6.07, 6.45) is 1.79. The van der Waals surface area contributed by atoms with Crippen LogP contribution in [0.25, 0.3) is 0 Å². The molecule has 0 saturated carbocycles. The van der Waals surface area contributed by atoms with Gasteiger partial charge in [0.05, 0.1) is 6.61 Å². The van der Waals surface area contributed by atoms with E-state index in [-0.39, 0.29) is 5.91 Å². The minimum absolute atomic E-state index is 0.179. The molecule has 0 bridgehead atoms. The molecule has 1 aliphatic rings. The van der Waals surface area contributed by atoms with Gasteiger partial charge in [-0.2, -0.15) is 0 Å². The van der Waals surface area contributed by atoms with Crippen LogP contribution in [0.4, 0.5) is 0 Å². The summed E-state index contributed by atoms with van der Waals surface area (Å²) < 4.78 is 4.99. The fraction of sp³-hybridized carbons (Fsp3) is 0.917. The maximum atomic E-state index is 11.6. The van der Waals surface area contributed by atoms with E-state index in [0.717, 1.165) is 45.8 Å². The Morgan fingerprint density at radius 3 is 3.00 bits per heavy atom. The van der Waals surface area contributed by atoms with E-state index in [9.17, 15) is 4.79 Å². The van der Waals surface area contributed by atoms with Gasteiger partial charge >= 0.3 is 0 Å². The molecular weight excluding hydrogens is 218 g/mol. The number of rotatable bonds is 8. The molecule has 0 aromatic heterocycles. The monoisotopic (exact) mass is 243 g/mol. The molecule has 1 heterocycles. The predicted molar refractivity (Wildman–Crippen MR) is 68.0 cm³/mol. The largest absolute Gasteiger partial charge is 0.383 e. The van der Waals surface area contributed by atoms with Crippen molar-refractivity contribution in [3.63, 3.8) is 0 Å². The van der Waals surface area contributed by atoms with Crippen molar-refractivity contribution < 1.29 is 9.53 Å². The number of nitrogens with one attached hydrogen (secondary N) is 2. The maximum Gasteiger partial charge on any atom is 0.220 e. The molecule has 1 saturated heterocycles. The SMILES string of the molecule is COCCN(C)CCNC(=O)CC1CCNC1. The second-order valence-electron chi connectivity index (χ2n) is 4.71. The quantitative estimate of drug-likeness (QED) is 0.613. The van der Waals surface area contributed by atoms with Crippen molar-refractivity contribution in [2.45, 2.75) is 12.8 Å². The van der Waals surface area contributed by atoms with E-state index in [2.05, 4.69) is 15.5 Å². The molecule has 100 valence electrons. The molecule has 0 aromatic rings. The van der Waals surface area contributed by atoms with Crippen molar-refractivity contribution in [3.8, 4) is 0 Å². The van der Waals surface area contributed by atoms with Gasteiger partial charge in [-0.3, -0.25) is 4.79 Å². The molecule has 2 N–H and O–H groups in total. The third-order valence-electron chi connectivity index (χ3n) is 3.13. The molecule has 1 rings (SSSR count). The molecule has 1 fully saturated rings. The average Bonchev–Trinajstić information content (AvgIpc) is 2.79. The molecule has 1 unspecified atom stereocenters. The van der Waals surface area contributed by atoms with E-state index in [4.69, 9.17) is 4.74 Å². The van der Waals surface area contributed by atoms with Gasteiger partial charge in [0, 0.05) is 33.2 Å². The predicted octanol–water partition coefficient (Wildman–Crippen LogP) is -0.320. The molecular formula is C12H25N3O2. The van der Waals surface area contributed by atoms with Crippen molar-refractivity contribution in [1.82, 2.24) is 15.5 Å². The number of carbonyl (C=O) groups is 1. The number of nitrogens with zero attached hydrogens (tertiary/aromatic N) is 1. The average molecular weight is 243 g/mol. The fourth-order valence-electron chi connectivity index (χ4n) is 1.97. The van der Waals surface area contributed by atoms with Crippen molar-refractivity contribution >= 4 is 5.91 Å². The van der Waals surface area contributed by atoms with Crippen LogP contribution in [0, 0.1) is 5.92 Å². The Hall–Kier alpha value is -0.650. The van der Waals surface area contributed by atoms with E-state index < -0.39 is 0 Å². The standard InChI is InChI=1S/C12H25N3O2/c1-15(7-8-17-2)6-5-14-12(16)9-11-3-4-13-10-11/h11,13H,3-10H2,1-2H3,(H,14,16). The Labute approximate surface area is 104 Å². The molecule has 0 radical (unpaired) electrons. The molecule has 0 aliphatic carbocycles. The number of hydrogen-bond donors (Lipinski definition) is 2. The van der Waals surface area contributed by atoms with Crippen LogP contribution in [0.3, 0.4) is 0 Å². The molecule has 0 spiro atoms. The highest BCUT2D eigenvalue weighted by molar-refractivity contribution is 5.76. The minimum Gasteiger partial charge on any atom is -0.383 e. The number of amides is 1. The molecule has 5 heteroatoms. The lowest BCUT2D eigenvalue weighted by molar-refractivity contribution is -0.121. The highest BCUT2D eigenvalue weighted by Gasteiger charge is 2.17. The van der Waals surface area contributed by atoms with Crippen LogP contribution in [0.1, 0.15) is 12.8 Å². The van der Waals surface area contributed by atoms with E-state index in [0.29, 0.717) is 12.3 Å². The Bertz CT molecular complexity index is 218. The lowest BCUT2D eigenvalue weighted by Crippen LogP contribution is -2.35. The smallest absolute Gasteiger partial charge is 0.220 e. The van der Waals surface area contributed by atoms with Crippen molar-refractivity contribution in [2.24, 2.45) is 5.92 Å². The zero-order chi connectivity index (χ0) is 12.5. The number of hydrogen-bond acceptors (Lipinski definition) is 4. The van der Waals surface area contributed by atoms with Gasteiger partial charge in [-0.25, -0.2) is 0 Å². The minimum atomic E-state index is 0.179. The van der Waals surface area contributed by atoms with E-state index in [1.165, 1.54) is 0 Å². The lowest BCUT2D eigenvalue weighted by atomic mass is 10.0. The Balaban J connectivity index is 1.99. The first-order chi connectivity index (χ1) is 8.22. The number of ether oxygens (including phenoxy) is 1. The first-order valence-electron chi connectivity index (χ1n) is 6.37. The topological polar surface area (TPSA) is 53.6 Å². The van der Waals surface area contributed by atoms with E-state index >= 15 is 0 Å². The van der Waals surface area contributed by atoms with Gasteiger partial charge in [0.2, 0.25) is 5.91 Å². The summed E-state index contributed by atoms with van der Waals surface area (Å²) in [5.74, 6) is 0.708. The first-order valence-corrected chi connectivity index (χ1v) is 6.37. The summed E-state index contributed by atoms with van der Waals surface area (Å²) in [7, 11) is 3.73. The molecule has 1 aliphatic heterocycles. The molecule has 0 aromatic carbocycles. The third kappa shape index (κ3) is 6.61. The van der Waals surface area contributed by atoms with Crippen LogP contribution >= 0.6 is 0 Å². The van der Waals surface area contributed by atoms with Gasteiger partial charge in [0.25, 0.3) is 0 Å². The summed E-state index contributed by atoms with van der Waals surface area (Å²) >= 11 is 0. The Kier molecular flexibility index (Phi) is 7.16. The normalized spacial score (nSPS) is 19.8. The summed E-state index contributed by atoms with van der Waals surface area (Å²) in [4.78, 5) is 13.8. The van der Waals surface area contributed by atoms with Crippen LogP contribution in [0.2, 0.25) is 0 Å². The zero-order valence-electron chi connectivity index (χ0n) is 11.0. The van der Waals surface area contributed by atoms with Gasteiger partial charge in [-0.15, -0.1) is 0 Å².